The summed E-state index contributed by atoms with van der Waals surface area (Å²) < 4.78 is 1.58. The predicted octanol–water partition coefficient (Wildman–Crippen LogP) is 1.82. The quantitative estimate of drug-likeness (QED) is 0.818. The highest BCUT2D eigenvalue weighted by Gasteiger charge is 2.49. The van der Waals surface area contributed by atoms with E-state index in [1.807, 2.05) is 38.7 Å². The minimum Gasteiger partial charge on any atom is -0.340 e. The minimum atomic E-state index is -0.576. The second kappa shape index (κ2) is 5.80. The van der Waals surface area contributed by atoms with Gasteiger partial charge in [-0.1, -0.05) is 25.1 Å². The molecule has 2 atom stereocenters. The topological polar surface area (TPSA) is 91.9 Å². The SMILES string of the molecule is Cc1cn(C(C)C(=O)N2CC[C@]3(C=C(C#N)C(=O)C(C)(C)C3)C2)nn1. The molecule has 2 heterocycles. The third-order valence-electron chi connectivity index (χ3n) is 5.30. The highest BCUT2D eigenvalue weighted by Crippen LogP contribution is 2.48. The molecular weight excluding hydrogens is 318 g/mol. The number of allylic oxidation sites excluding steroid dienone is 1. The molecule has 132 valence electrons. The number of nitrogens with zero attached hydrogens (tertiary/aromatic N) is 5. The predicted molar refractivity (Wildman–Crippen MR) is 90.2 cm³/mol. The smallest absolute Gasteiger partial charge is 0.247 e. The van der Waals surface area contributed by atoms with Gasteiger partial charge in [0.2, 0.25) is 5.91 Å². The highest BCUT2D eigenvalue weighted by atomic mass is 16.2. The van der Waals surface area contributed by atoms with Crippen molar-refractivity contribution in [2.45, 2.75) is 46.6 Å². The first kappa shape index (κ1) is 17.3. The average Bonchev–Trinajstić information content (AvgIpc) is 3.16. The Morgan fingerprint density at radius 3 is 2.76 bits per heavy atom. The van der Waals surface area contributed by atoms with Crippen LogP contribution in [0.3, 0.4) is 0 Å². The number of ketones is 1. The van der Waals surface area contributed by atoms with Gasteiger partial charge < -0.3 is 4.90 Å². The second-order valence-electron chi connectivity index (χ2n) is 7.95. The third kappa shape index (κ3) is 2.97. The van der Waals surface area contributed by atoms with Gasteiger partial charge in [0.05, 0.1) is 11.3 Å². The molecule has 1 amide bonds. The van der Waals surface area contributed by atoms with Crippen LogP contribution in [0, 0.1) is 29.1 Å². The molecule has 0 bridgehead atoms. The number of amides is 1. The molecule has 0 radical (unpaired) electrons. The van der Waals surface area contributed by atoms with Crippen LogP contribution in [0.1, 0.15) is 45.3 Å². The molecule has 1 unspecified atom stereocenters. The number of Topliss-reactive ketones (excluding diaryl/α,β-unsaturated/α-hetero) is 1. The van der Waals surface area contributed by atoms with E-state index >= 15 is 0 Å². The summed E-state index contributed by atoms with van der Waals surface area (Å²) in [4.78, 5) is 27.0. The Balaban J connectivity index is 1.81. The van der Waals surface area contributed by atoms with Crippen molar-refractivity contribution in [3.05, 3.63) is 23.5 Å². The number of nitriles is 1. The maximum atomic E-state index is 12.8. The lowest BCUT2D eigenvalue weighted by Crippen LogP contribution is -2.41. The molecule has 7 nitrogen and oxygen atoms in total. The molecule has 1 spiro atoms. The summed E-state index contributed by atoms with van der Waals surface area (Å²) >= 11 is 0. The molecule has 7 heteroatoms. The van der Waals surface area contributed by atoms with Crippen molar-refractivity contribution < 1.29 is 9.59 Å². The van der Waals surface area contributed by atoms with E-state index in [-0.39, 0.29) is 22.7 Å². The van der Waals surface area contributed by atoms with Crippen LogP contribution >= 0.6 is 0 Å². The van der Waals surface area contributed by atoms with E-state index in [4.69, 9.17) is 0 Å². The number of carbonyl (C=O) groups excluding carboxylic acids is 2. The van der Waals surface area contributed by atoms with Crippen LogP contribution in [0.2, 0.25) is 0 Å². The van der Waals surface area contributed by atoms with E-state index in [1.54, 1.807) is 17.0 Å². The van der Waals surface area contributed by atoms with Crippen molar-refractivity contribution in [1.29, 1.82) is 5.26 Å². The van der Waals surface area contributed by atoms with Gasteiger partial charge in [0.25, 0.3) is 0 Å². The van der Waals surface area contributed by atoms with Crippen LogP contribution < -0.4 is 0 Å². The van der Waals surface area contributed by atoms with E-state index in [0.717, 1.165) is 12.1 Å². The molecule has 1 aromatic heterocycles. The van der Waals surface area contributed by atoms with Gasteiger partial charge in [-0.3, -0.25) is 9.59 Å². The molecular formula is C18H23N5O2. The number of rotatable bonds is 2. The summed E-state index contributed by atoms with van der Waals surface area (Å²) in [5.41, 5.74) is 0.126. The van der Waals surface area contributed by atoms with Gasteiger partial charge in [-0.15, -0.1) is 5.10 Å². The number of likely N-dealkylation sites (tertiary alicyclic amines) is 1. The van der Waals surface area contributed by atoms with Gasteiger partial charge in [-0.05, 0) is 26.7 Å². The highest BCUT2D eigenvalue weighted by molar-refractivity contribution is 6.03. The molecule has 0 N–H and O–H groups in total. The fourth-order valence-corrected chi connectivity index (χ4v) is 4.11. The van der Waals surface area contributed by atoms with E-state index in [0.29, 0.717) is 19.5 Å². The number of hydrogen-bond acceptors (Lipinski definition) is 5. The molecule has 1 aliphatic carbocycles. The number of carbonyl (C=O) groups is 2. The first-order valence-corrected chi connectivity index (χ1v) is 8.52. The van der Waals surface area contributed by atoms with E-state index in [2.05, 4.69) is 10.3 Å². The van der Waals surface area contributed by atoms with Gasteiger partial charge in [-0.25, -0.2) is 4.68 Å². The van der Waals surface area contributed by atoms with Crippen molar-refractivity contribution in [3.63, 3.8) is 0 Å². The molecule has 2 aliphatic rings. The Labute approximate surface area is 147 Å². The molecule has 25 heavy (non-hydrogen) atoms. The summed E-state index contributed by atoms with van der Waals surface area (Å²) in [6, 6.07) is 1.62. The van der Waals surface area contributed by atoms with Gasteiger partial charge in [-0.2, -0.15) is 5.26 Å². The standard InChI is InChI=1S/C18H23N5O2/c1-12-9-23(21-20-12)13(2)16(25)22-6-5-18(11-22)7-14(8-19)15(24)17(3,4)10-18/h7,9,13H,5-6,10-11H2,1-4H3/t13?,18-/m1/s1. The summed E-state index contributed by atoms with van der Waals surface area (Å²) in [5.74, 6) is -0.111. The van der Waals surface area contributed by atoms with Gasteiger partial charge >= 0.3 is 0 Å². The zero-order valence-electron chi connectivity index (χ0n) is 15.1. The van der Waals surface area contributed by atoms with Crippen molar-refractivity contribution in [2.24, 2.45) is 10.8 Å². The first-order valence-electron chi connectivity index (χ1n) is 8.52. The van der Waals surface area contributed by atoms with E-state index < -0.39 is 11.5 Å². The lowest BCUT2D eigenvalue weighted by atomic mass is 9.64. The van der Waals surface area contributed by atoms with Crippen LogP contribution in [0.15, 0.2) is 17.8 Å². The van der Waals surface area contributed by atoms with Crippen LogP contribution in [0.5, 0.6) is 0 Å². The molecule has 0 aromatic carbocycles. The molecule has 0 saturated carbocycles. The third-order valence-corrected chi connectivity index (χ3v) is 5.30. The fourth-order valence-electron chi connectivity index (χ4n) is 4.11. The van der Waals surface area contributed by atoms with Crippen LogP contribution in [0.25, 0.3) is 0 Å². The summed E-state index contributed by atoms with van der Waals surface area (Å²) in [7, 11) is 0. The Kier molecular flexibility index (Phi) is 4.02. The Morgan fingerprint density at radius 2 is 2.16 bits per heavy atom. The monoisotopic (exact) mass is 341 g/mol. The van der Waals surface area contributed by atoms with Crippen molar-refractivity contribution in [3.8, 4) is 6.07 Å². The maximum Gasteiger partial charge on any atom is 0.247 e. The zero-order chi connectivity index (χ0) is 18.4. The van der Waals surface area contributed by atoms with E-state index in [9.17, 15) is 14.9 Å². The number of aryl methyl sites for hydroxylation is 1. The van der Waals surface area contributed by atoms with Crippen LogP contribution in [-0.2, 0) is 9.59 Å². The molecule has 1 aliphatic heterocycles. The lowest BCUT2D eigenvalue weighted by Gasteiger charge is -2.38. The van der Waals surface area contributed by atoms with Gasteiger partial charge in [0, 0.05) is 30.1 Å². The molecule has 3 rings (SSSR count). The van der Waals surface area contributed by atoms with Crippen molar-refractivity contribution >= 4 is 11.7 Å². The van der Waals surface area contributed by atoms with Crippen molar-refractivity contribution in [2.75, 3.05) is 13.1 Å². The van der Waals surface area contributed by atoms with E-state index in [1.165, 1.54) is 0 Å². The Hall–Kier alpha value is -2.49. The first-order chi connectivity index (χ1) is 11.7. The minimum absolute atomic E-state index is 0.0108. The second-order valence-corrected chi connectivity index (χ2v) is 7.95. The maximum absolute atomic E-state index is 12.8. The van der Waals surface area contributed by atoms with Gasteiger partial charge in [0.15, 0.2) is 5.78 Å². The molecule has 1 fully saturated rings. The number of aromatic nitrogens is 3. The largest absolute Gasteiger partial charge is 0.340 e. The molecule has 1 saturated heterocycles. The Bertz CT molecular complexity index is 801. The average molecular weight is 341 g/mol. The van der Waals surface area contributed by atoms with Gasteiger partial charge in [0.1, 0.15) is 12.1 Å². The zero-order valence-corrected chi connectivity index (χ0v) is 15.1. The summed E-state index contributed by atoms with van der Waals surface area (Å²) in [6.07, 6.45) is 4.98. The van der Waals surface area contributed by atoms with Crippen molar-refractivity contribution in [1.82, 2.24) is 19.9 Å². The normalized spacial score (nSPS) is 26.4. The summed E-state index contributed by atoms with van der Waals surface area (Å²) in [5, 5.41) is 17.2. The number of hydrogen-bond donors (Lipinski definition) is 0. The fraction of sp³-hybridized carbons (Fsp3) is 0.611. The lowest BCUT2D eigenvalue weighted by molar-refractivity contribution is -0.134. The molecule has 1 aromatic rings. The Morgan fingerprint density at radius 1 is 1.44 bits per heavy atom. The summed E-state index contributed by atoms with van der Waals surface area (Å²) in [6.45, 7) is 8.56. The van der Waals surface area contributed by atoms with Crippen LogP contribution in [0.4, 0.5) is 0 Å². The van der Waals surface area contributed by atoms with Crippen LogP contribution in [-0.4, -0.2) is 44.7 Å².